The van der Waals surface area contributed by atoms with Crippen molar-refractivity contribution in [2.45, 2.75) is 27.3 Å². The van der Waals surface area contributed by atoms with Crippen molar-refractivity contribution in [2.24, 2.45) is 0 Å². The standard InChI is InChI=1S/C20H20N4/c1-4-14(3)20-13-21-22-24(20)15-10-11-19-17(12-15)16-8-6-7-9-18(16)23(19)5-2/h4,6-13H,5H2,1-3H3/b14-4+. The molecule has 2 aromatic carbocycles. The Balaban J connectivity index is 2.00. The fraction of sp³-hybridized carbons (Fsp3) is 0.200. The Hall–Kier alpha value is -2.88. The van der Waals surface area contributed by atoms with E-state index in [9.17, 15) is 0 Å². The smallest absolute Gasteiger partial charge is 0.0897 e. The van der Waals surface area contributed by atoms with Gasteiger partial charge in [0.1, 0.15) is 0 Å². The SMILES string of the molecule is C/C=C(\C)c1cnnn1-c1ccc2c(c1)c1ccccc1n2CC. The van der Waals surface area contributed by atoms with Gasteiger partial charge in [0.25, 0.3) is 0 Å². The van der Waals surface area contributed by atoms with Crippen LogP contribution in [0.3, 0.4) is 0 Å². The summed E-state index contributed by atoms with van der Waals surface area (Å²) in [7, 11) is 0. The zero-order valence-corrected chi connectivity index (χ0v) is 14.2. The molecule has 0 spiro atoms. The maximum atomic E-state index is 4.29. The van der Waals surface area contributed by atoms with Crippen LogP contribution in [0, 0.1) is 0 Å². The lowest BCUT2D eigenvalue weighted by atomic mass is 10.1. The minimum atomic E-state index is 0.954. The van der Waals surface area contributed by atoms with Gasteiger partial charge in [-0.15, -0.1) is 5.10 Å². The van der Waals surface area contributed by atoms with Crippen molar-refractivity contribution in [3.63, 3.8) is 0 Å². The monoisotopic (exact) mass is 316 g/mol. The molecule has 0 unspecified atom stereocenters. The van der Waals surface area contributed by atoms with Crippen LogP contribution in [0.4, 0.5) is 0 Å². The summed E-state index contributed by atoms with van der Waals surface area (Å²) in [6, 6.07) is 15.1. The first kappa shape index (κ1) is 14.7. The third-order valence-corrected chi connectivity index (χ3v) is 4.70. The number of fused-ring (bicyclic) bond motifs is 3. The number of benzene rings is 2. The maximum absolute atomic E-state index is 4.29. The second kappa shape index (κ2) is 5.64. The van der Waals surface area contributed by atoms with Crippen molar-refractivity contribution in [1.82, 2.24) is 19.6 Å². The number of rotatable bonds is 3. The van der Waals surface area contributed by atoms with E-state index < -0.39 is 0 Å². The van der Waals surface area contributed by atoms with Gasteiger partial charge in [0.05, 0.1) is 17.6 Å². The molecule has 2 aromatic heterocycles. The van der Waals surface area contributed by atoms with Gasteiger partial charge in [0.2, 0.25) is 0 Å². The van der Waals surface area contributed by atoms with Crippen molar-refractivity contribution in [3.05, 3.63) is 60.4 Å². The van der Waals surface area contributed by atoms with Crippen molar-refractivity contribution >= 4 is 27.4 Å². The molecule has 24 heavy (non-hydrogen) atoms. The van der Waals surface area contributed by atoms with Gasteiger partial charge in [0.15, 0.2) is 0 Å². The van der Waals surface area contributed by atoms with Crippen LogP contribution >= 0.6 is 0 Å². The number of para-hydroxylation sites is 1. The summed E-state index contributed by atoms with van der Waals surface area (Å²) in [6.45, 7) is 7.25. The summed E-state index contributed by atoms with van der Waals surface area (Å²) in [4.78, 5) is 0. The molecule has 0 aliphatic rings. The van der Waals surface area contributed by atoms with Gasteiger partial charge in [-0.3, -0.25) is 0 Å². The van der Waals surface area contributed by atoms with Gasteiger partial charge in [-0.05, 0) is 50.6 Å². The Bertz CT molecular complexity index is 1070. The molecule has 0 aliphatic carbocycles. The minimum absolute atomic E-state index is 0.954. The van der Waals surface area contributed by atoms with Crippen LogP contribution in [0.2, 0.25) is 0 Å². The molecule has 0 aliphatic heterocycles. The van der Waals surface area contributed by atoms with Crippen LogP contribution < -0.4 is 0 Å². The number of allylic oxidation sites excluding steroid dienone is 2. The van der Waals surface area contributed by atoms with Crippen molar-refractivity contribution in [2.75, 3.05) is 0 Å². The predicted octanol–water partition coefficient (Wildman–Crippen LogP) is 4.82. The van der Waals surface area contributed by atoms with Gasteiger partial charge in [-0.25, -0.2) is 4.68 Å². The maximum Gasteiger partial charge on any atom is 0.0897 e. The molecular weight excluding hydrogens is 296 g/mol. The van der Waals surface area contributed by atoms with Crippen LogP contribution in [0.15, 0.2) is 54.7 Å². The first-order valence-electron chi connectivity index (χ1n) is 8.30. The van der Waals surface area contributed by atoms with Crippen molar-refractivity contribution in [1.29, 1.82) is 0 Å². The summed E-state index contributed by atoms with van der Waals surface area (Å²) in [6.07, 6.45) is 3.89. The molecule has 0 saturated carbocycles. The summed E-state index contributed by atoms with van der Waals surface area (Å²) in [5.41, 5.74) is 5.75. The third-order valence-electron chi connectivity index (χ3n) is 4.70. The Labute approximate surface area is 141 Å². The van der Waals surface area contributed by atoms with Crippen LogP contribution in [-0.4, -0.2) is 19.6 Å². The van der Waals surface area contributed by atoms with E-state index in [0.717, 1.165) is 23.5 Å². The molecular formula is C20H20N4. The van der Waals surface area contributed by atoms with Crippen LogP contribution in [0.5, 0.6) is 0 Å². The van der Waals surface area contributed by atoms with E-state index in [4.69, 9.17) is 0 Å². The van der Waals surface area contributed by atoms with E-state index in [0.29, 0.717) is 0 Å². The molecule has 4 heteroatoms. The molecule has 4 nitrogen and oxygen atoms in total. The molecule has 0 radical (unpaired) electrons. The quantitative estimate of drug-likeness (QED) is 0.543. The Kier molecular flexibility index (Phi) is 3.45. The lowest BCUT2D eigenvalue weighted by molar-refractivity contribution is 0.795. The van der Waals surface area contributed by atoms with Crippen molar-refractivity contribution < 1.29 is 0 Å². The zero-order chi connectivity index (χ0) is 16.7. The number of aryl methyl sites for hydroxylation is 1. The van der Waals surface area contributed by atoms with Gasteiger partial charge in [-0.1, -0.05) is 29.5 Å². The number of aromatic nitrogens is 4. The summed E-state index contributed by atoms with van der Waals surface area (Å²) >= 11 is 0. The van der Waals surface area contributed by atoms with Gasteiger partial charge in [0, 0.05) is 28.4 Å². The Morgan fingerprint density at radius 2 is 1.88 bits per heavy atom. The summed E-state index contributed by atoms with van der Waals surface area (Å²) in [5, 5.41) is 10.9. The van der Waals surface area contributed by atoms with E-state index in [1.165, 1.54) is 21.8 Å². The van der Waals surface area contributed by atoms with E-state index in [1.807, 2.05) is 17.8 Å². The highest BCUT2D eigenvalue weighted by Gasteiger charge is 2.12. The lowest BCUT2D eigenvalue weighted by Gasteiger charge is -2.07. The van der Waals surface area contributed by atoms with Crippen molar-refractivity contribution in [3.8, 4) is 5.69 Å². The summed E-state index contributed by atoms with van der Waals surface area (Å²) < 4.78 is 4.26. The molecule has 2 heterocycles. The molecule has 0 atom stereocenters. The van der Waals surface area contributed by atoms with E-state index in [-0.39, 0.29) is 0 Å². The summed E-state index contributed by atoms with van der Waals surface area (Å²) in [5.74, 6) is 0. The number of hydrogen-bond acceptors (Lipinski definition) is 2. The Morgan fingerprint density at radius 1 is 1.08 bits per heavy atom. The minimum Gasteiger partial charge on any atom is -0.341 e. The topological polar surface area (TPSA) is 35.6 Å². The highest BCUT2D eigenvalue weighted by molar-refractivity contribution is 6.08. The second-order valence-electron chi connectivity index (χ2n) is 5.97. The molecule has 4 aromatic rings. The molecule has 0 fully saturated rings. The fourth-order valence-corrected chi connectivity index (χ4v) is 3.36. The lowest BCUT2D eigenvalue weighted by Crippen LogP contribution is -2.01. The van der Waals surface area contributed by atoms with E-state index in [2.05, 4.69) is 77.3 Å². The normalized spacial score (nSPS) is 12.4. The third kappa shape index (κ3) is 2.07. The molecule has 4 rings (SSSR count). The molecule has 0 saturated heterocycles. The van der Waals surface area contributed by atoms with Gasteiger partial charge < -0.3 is 4.57 Å². The van der Waals surface area contributed by atoms with Crippen LogP contribution in [0.25, 0.3) is 33.1 Å². The zero-order valence-electron chi connectivity index (χ0n) is 14.2. The van der Waals surface area contributed by atoms with Gasteiger partial charge >= 0.3 is 0 Å². The van der Waals surface area contributed by atoms with E-state index in [1.54, 1.807) is 0 Å². The molecule has 120 valence electrons. The highest BCUT2D eigenvalue weighted by atomic mass is 15.4. The van der Waals surface area contributed by atoms with Crippen LogP contribution in [-0.2, 0) is 6.54 Å². The fourth-order valence-electron chi connectivity index (χ4n) is 3.36. The predicted molar refractivity (Wildman–Crippen MR) is 99.4 cm³/mol. The number of nitrogens with zero attached hydrogens (tertiary/aromatic N) is 4. The number of hydrogen-bond donors (Lipinski definition) is 0. The molecule has 0 amide bonds. The molecule has 0 bridgehead atoms. The first-order chi connectivity index (χ1) is 11.7. The average molecular weight is 316 g/mol. The second-order valence-corrected chi connectivity index (χ2v) is 5.97. The van der Waals surface area contributed by atoms with Crippen LogP contribution in [0.1, 0.15) is 26.5 Å². The average Bonchev–Trinajstić information content (AvgIpc) is 3.23. The largest absolute Gasteiger partial charge is 0.341 e. The van der Waals surface area contributed by atoms with Gasteiger partial charge in [-0.2, -0.15) is 0 Å². The molecule has 0 N–H and O–H groups in total. The van der Waals surface area contributed by atoms with E-state index >= 15 is 0 Å². The Morgan fingerprint density at radius 3 is 2.67 bits per heavy atom. The highest BCUT2D eigenvalue weighted by Crippen LogP contribution is 2.31. The first-order valence-corrected chi connectivity index (χ1v) is 8.30.